The standard InChI is InChI=1S/C19H26N4O3/c24-10-17-21-15-2-1-12(9-16(15)22-17)19(26)23-18(13-7-14(25)8-13)11-3-5-20-6-4-11/h1-2,9,11,13-14,18,20,24-25H,3-8,10H2,(H,21,22)(H,23,26)/t13?,14?,18-/m1/s1. The molecule has 2 aromatic rings. The highest BCUT2D eigenvalue weighted by molar-refractivity contribution is 5.97. The van der Waals surface area contributed by atoms with E-state index in [0.717, 1.165) is 49.8 Å². The van der Waals surface area contributed by atoms with Crippen LogP contribution < -0.4 is 10.6 Å². The van der Waals surface area contributed by atoms with E-state index in [1.165, 1.54) is 0 Å². The number of nitrogens with zero attached hydrogens (tertiary/aromatic N) is 1. The van der Waals surface area contributed by atoms with Crippen molar-refractivity contribution >= 4 is 16.9 Å². The Kier molecular flexibility index (Phi) is 4.93. The van der Waals surface area contributed by atoms with Gasteiger partial charge in [-0.3, -0.25) is 4.79 Å². The van der Waals surface area contributed by atoms with E-state index in [9.17, 15) is 15.0 Å². The quantitative estimate of drug-likeness (QED) is 0.546. The van der Waals surface area contributed by atoms with Crippen molar-refractivity contribution in [2.75, 3.05) is 13.1 Å². The molecule has 0 unspecified atom stereocenters. The molecule has 26 heavy (non-hydrogen) atoms. The van der Waals surface area contributed by atoms with Crippen LogP contribution in [0, 0.1) is 11.8 Å². The summed E-state index contributed by atoms with van der Waals surface area (Å²) in [5.41, 5.74) is 2.08. The molecule has 0 bridgehead atoms. The predicted octanol–water partition coefficient (Wildman–Crippen LogP) is 0.924. The normalized spacial score (nSPS) is 25.0. The maximum Gasteiger partial charge on any atom is 0.251 e. The van der Waals surface area contributed by atoms with E-state index < -0.39 is 0 Å². The number of imidazole rings is 1. The SMILES string of the molecule is O=C(N[C@H](C1CCNCC1)C1CC(O)C1)c1ccc2nc(CO)[nH]c2c1. The van der Waals surface area contributed by atoms with E-state index in [1.54, 1.807) is 18.2 Å². The lowest BCUT2D eigenvalue weighted by molar-refractivity contribution is 0.00919. The zero-order valence-corrected chi connectivity index (χ0v) is 14.7. The third-order valence-electron chi connectivity index (χ3n) is 5.79. The second kappa shape index (κ2) is 7.34. The molecule has 0 radical (unpaired) electrons. The number of aromatic nitrogens is 2. The maximum atomic E-state index is 12.9. The summed E-state index contributed by atoms with van der Waals surface area (Å²) in [5.74, 6) is 1.22. The van der Waals surface area contributed by atoms with E-state index in [-0.39, 0.29) is 24.7 Å². The number of carbonyl (C=O) groups excluding carboxylic acids is 1. The first-order valence-electron chi connectivity index (χ1n) is 9.43. The van der Waals surface area contributed by atoms with Gasteiger partial charge in [0.2, 0.25) is 0 Å². The number of aliphatic hydroxyl groups excluding tert-OH is 2. The largest absolute Gasteiger partial charge is 0.393 e. The molecule has 4 rings (SSSR count). The number of amides is 1. The van der Waals surface area contributed by atoms with E-state index >= 15 is 0 Å². The predicted molar refractivity (Wildman–Crippen MR) is 97.6 cm³/mol. The Labute approximate surface area is 152 Å². The first kappa shape index (κ1) is 17.5. The number of nitrogens with one attached hydrogen (secondary N) is 3. The molecule has 2 aliphatic rings. The summed E-state index contributed by atoms with van der Waals surface area (Å²) in [5, 5.41) is 25.5. The van der Waals surface area contributed by atoms with Crippen LogP contribution in [0.2, 0.25) is 0 Å². The summed E-state index contributed by atoms with van der Waals surface area (Å²) in [6.45, 7) is 1.81. The number of carbonyl (C=O) groups is 1. The Bertz CT molecular complexity index is 778. The third-order valence-corrected chi connectivity index (χ3v) is 5.79. The Hall–Kier alpha value is -1.96. The third kappa shape index (κ3) is 3.47. The minimum atomic E-state index is -0.223. The molecule has 7 nitrogen and oxygen atoms in total. The minimum absolute atomic E-state index is 0.0861. The van der Waals surface area contributed by atoms with E-state index in [1.807, 2.05) is 0 Å². The van der Waals surface area contributed by atoms with E-state index in [2.05, 4.69) is 20.6 Å². The Morgan fingerprint density at radius 3 is 2.73 bits per heavy atom. The van der Waals surface area contributed by atoms with Crippen LogP contribution in [0.1, 0.15) is 41.9 Å². The van der Waals surface area contributed by atoms with Gasteiger partial charge in [-0.1, -0.05) is 0 Å². The van der Waals surface area contributed by atoms with Gasteiger partial charge in [0, 0.05) is 11.6 Å². The summed E-state index contributed by atoms with van der Waals surface area (Å²) >= 11 is 0. The number of hydrogen-bond acceptors (Lipinski definition) is 5. The molecule has 1 aromatic heterocycles. The number of H-pyrrole nitrogens is 1. The average molecular weight is 358 g/mol. The molecule has 1 aromatic carbocycles. The molecular formula is C19H26N4O3. The molecule has 7 heteroatoms. The zero-order valence-electron chi connectivity index (χ0n) is 14.7. The van der Waals surface area contributed by atoms with Gasteiger partial charge in [0.05, 0.1) is 17.1 Å². The molecule has 1 aliphatic carbocycles. The first-order valence-corrected chi connectivity index (χ1v) is 9.43. The zero-order chi connectivity index (χ0) is 18.1. The number of piperidine rings is 1. The molecule has 1 saturated heterocycles. The van der Waals surface area contributed by atoms with Crippen LogP contribution in [0.5, 0.6) is 0 Å². The maximum absolute atomic E-state index is 12.9. The average Bonchev–Trinajstić information content (AvgIpc) is 3.06. The van der Waals surface area contributed by atoms with E-state index in [4.69, 9.17) is 0 Å². The van der Waals surface area contributed by atoms with Crippen LogP contribution in [0.3, 0.4) is 0 Å². The highest BCUT2D eigenvalue weighted by atomic mass is 16.3. The second-order valence-electron chi connectivity index (χ2n) is 7.55. The summed E-state index contributed by atoms with van der Waals surface area (Å²) in [6, 6.07) is 5.46. The van der Waals surface area contributed by atoms with Crippen molar-refractivity contribution in [3.63, 3.8) is 0 Å². The van der Waals surface area contributed by atoms with Crippen LogP contribution in [-0.4, -0.2) is 51.3 Å². The van der Waals surface area contributed by atoms with Crippen molar-refractivity contribution < 1.29 is 15.0 Å². The van der Waals surface area contributed by atoms with Gasteiger partial charge in [0.1, 0.15) is 12.4 Å². The lowest BCUT2D eigenvalue weighted by Gasteiger charge is -2.43. The van der Waals surface area contributed by atoms with Gasteiger partial charge in [-0.2, -0.15) is 0 Å². The van der Waals surface area contributed by atoms with Gasteiger partial charge in [0.15, 0.2) is 0 Å². The number of fused-ring (bicyclic) bond motifs is 1. The number of rotatable bonds is 5. The molecule has 5 N–H and O–H groups in total. The first-order chi connectivity index (χ1) is 12.6. The lowest BCUT2D eigenvalue weighted by atomic mass is 9.71. The van der Waals surface area contributed by atoms with Crippen molar-refractivity contribution in [1.82, 2.24) is 20.6 Å². The highest BCUT2D eigenvalue weighted by Gasteiger charge is 2.39. The number of benzene rings is 1. The fraction of sp³-hybridized carbons (Fsp3) is 0.579. The van der Waals surface area contributed by atoms with Crippen molar-refractivity contribution in [2.45, 2.75) is 44.4 Å². The minimum Gasteiger partial charge on any atom is -0.393 e. The molecular weight excluding hydrogens is 332 g/mol. The van der Waals surface area contributed by atoms with Crippen LogP contribution in [0.25, 0.3) is 11.0 Å². The molecule has 1 aliphatic heterocycles. The Morgan fingerprint density at radius 1 is 1.27 bits per heavy atom. The smallest absolute Gasteiger partial charge is 0.251 e. The summed E-state index contributed by atoms with van der Waals surface area (Å²) in [7, 11) is 0. The fourth-order valence-corrected chi connectivity index (χ4v) is 4.26. The Balaban J connectivity index is 1.51. The molecule has 140 valence electrons. The molecule has 1 saturated carbocycles. The lowest BCUT2D eigenvalue weighted by Crippen LogP contribution is -2.52. The number of aliphatic hydroxyl groups is 2. The number of hydrogen-bond donors (Lipinski definition) is 5. The summed E-state index contributed by atoms with van der Waals surface area (Å²) in [4.78, 5) is 20.1. The molecule has 2 heterocycles. The highest BCUT2D eigenvalue weighted by Crippen LogP contribution is 2.36. The van der Waals surface area contributed by atoms with Crippen molar-refractivity contribution in [1.29, 1.82) is 0 Å². The van der Waals surface area contributed by atoms with Crippen LogP contribution in [-0.2, 0) is 6.61 Å². The molecule has 2 fully saturated rings. The van der Waals surface area contributed by atoms with Crippen molar-refractivity contribution in [3.8, 4) is 0 Å². The van der Waals surface area contributed by atoms with Gasteiger partial charge in [-0.05, 0) is 68.8 Å². The van der Waals surface area contributed by atoms with Crippen LogP contribution in [0.15, 0.2) is 18.2 Å². The topological polar surface area (TPSA) is 110 Å². The monoisotopic (exact) mass is 358 g/mol. The van der Waals surface area contributed by atoms with Crippen molar-refractivity contribution in [3.05, 3.63) is 29.6 Å². The molecule has 1 atom stereocenters. The van der Waals surface area contributed by atoms with Crippen LogP contribution in [0.4, 0.5) is 0 Å². The fourth-order valence-electron chi connectivity index (χ4n) is 4.26. The molecule has 0 spiro atoms. The van der Waals surface area contributed by atoms with Crippen molar-refractivity contribution in [2.24, 2.45) is 11.8 Å². The molecule has 1 amide bonds. The second-order valence-corrected chi connectivity index (χ2v) is 7.55. The van der Waals surface area contributed by atoms with Gasteiger partial charge < -0.3 is 25.8 Å². The Morgan fingerprint density at radius 2 is 2.04 bits per heavy atom. The summed E-state index contributed by atoms with van der Waals surface area (Å²) in [6.07, 6.45) is 3.43. The van der Waals surface area contributed by atoms with Crippen LogP contribution >= 0.6 is 0 Å². The van der Waals surface area contributed by atoms with Gasteiger partial charge in [-0.25, -0.2) is 4.98 Å². The van der Waals surface area contributed by atoms with E-state index in [0.29, 0.717) is 23.2 Å². The van der Waals surface area contributed by atoms with Gasteiger partial charge in [0.25, 0.3) is 5.91 Å². The summed E-state index contributed by atoms with van der Waals surface area (Å²) < 4.78 is 0. The van der Waals surface area contributed by atoms with Gasteiger partial charge >= 0.3 is 0 Å². The van der Waals surface area contributed by atoms with Gasteiger partial charge in [-0.15, -0.1) is 0 Å². The number of aromatic amines is 1.